The zero-order valence-electron chi connectivity index (χ0n) is 10.9. The number of rotatable bonds is 7. The van der Waals surface area contributed by atoms with E-state index < -0.39 is 6.04 Å². The first kappa shape index (κ1) is 14.8. The maximum atomic E-state index is 12.8. The minimum absolute atomic E-state index is 0.00844. The highest BCUT2D eigenvalue weighted by molar-refractivity contribution is 7.99. The van der Waals surface area contributed by atoms with Gasteiger partial charge in [-0.1, -0.05) is 12.1 Å². The number of nitrogens with two attached hydrogens (primary N) is 1. The van der Waals surface area contributed by atoms with E-state index in [1.54, 1.807) is 18.4 Å². The molecule has 2 N–H and O–H groups in total. The molecule has 5 heteroatoms. The molecule has 106 valence electrons. The van der Waals surface area contributed by atoms with Gasteiger partial charge < -0.3 is 10.2 Å². The molecule has 1 aromatic heterocycles. The molecular formula is C15H16FNO2S. The van der Waals surface area contributed by atoms with Crippen LogP contribution in [0.25, 0.3) is 0 Å². The molecule has 0 fully saturated rings. The third-order valence-corrected chi connectivity index (χ3v) is 3.83. The van der Waals surface area contributed by atoms with Gasteiger partial charge in [-0.3, -0.25) is 4.79 Å². The standard InChI is InChI=1S/C15H16FNO2S/c16-12-5-3-11(4-6-12)8-14(17)15(18)10-20-9-13-2-1-7-19-13/h1-7,14H,8-10,17H2. The summed E-state index contributed by atoms with van der Waals surface area (Å²) in [6.45, 7) is 0. The van der Waals surface area contributed by atoms with Crippen molar-refractivity contribution in [3.05, 3.63) is 59.8 Å². The highest BCUT2D eigenvalue weighted by Crippen LogP contribution is 2.13. The molecule has 1 aromatic carbocycles. The van der Waals surface area contributed by atoms with Gasteiger partial charge in [0.2, 0.25) is 0 Å². The molecule has 1 unspecified atom stereocenters. The van der Waals surface area contributed by atoms with Crippen molar-refractivity contribution >= 4 is 17.5 Å². The molecule has 0 aliphatic rings. The minimum atomic E-state index is -0.551. The number of carbonyl (C=O) groups is 1. The number of thioether (sulfide) groups is 1. The minimum Gasteiger partial charge on any atom is -0.468 e. The first-order valence-corrected chi connectivity index (χ1v) is 7.43. The van der Waals surface area contributed by atoms with Crippen LogP contribution in [0.3, 0.4) is 0 Å². The summed E-state index contributed by atoms with van der Waals surface area (Å²) in [5.74, 6) is 1.55. The Balaban J connectivity index is 1.75. The zero-order chi connectivity index (χ0) is 14.4. The van der Waals surface area contributed by atoms with Crippen molar-refractivity contribution in [2.24, 2.45) is 5.73 Å². The SMILES string of the molecule is NC(Cc1ccc(F)cc1)C(=O)CSCc1ccco1. The summed E-state index contributed by atoms with van der Waals surface area (Å²) in [6.07, 6.45) is 2.04. The number of carbonyl (C=O) groups excluding carboxylic acids is 1. The van der Waals surface area contributed by atoms with E-state index in [9.17, 15) is 9.18 Å². The summed E-state index contributed by atoms with van der Waals surface area (Å²) >= 11 is 1.48. The normalized spacial score (nSPS) is 12.3. The van der Waals surface area contributed by atoms with Crippen molar-refractivity contribution < 1.29 is 13.6 Å². The van der Waals surface area contributed by atoms with E-state index in [-0.39, 0.29) is 11.6 Å². The molecule has 0 saturated heterocycles. The van der Waals surface area contributed by atoms with Crippen molar-refractivity contribution in [2.75, 3.05) is 5.75 Å². The van der Waals surface area contributed by atoms with Crippen LogP contribution in [0, 0.1) is 5.82 Å². The first-order valence-electron chi connectivity index (χ1n) is 6.28. The molecule has 0 aliphatic heterocycles. The Bertz CT molecular complexity index is 540. The van der Waals surface area contributed by atoms with E-state index in [2.05, 4.69) is 0 Å². The quantitative estimate of drug-likeness (QED) is 0.853. The fourth-order valence-corrected chi connectivity index (χ4v) is 2.62. The van der Waals surface area contributed by atoms with Crippen LogP contribution in [-0.2, 0) is 17.0 Å². The lowest BCUT2D eigenvalue weighted by Gasteiger charge is -2.10. The largest absolute Gasteiger partial charge is 0.468 e. The third kappa shape index (κ3) is 4.51. The third-order valence-electron chi connectivity index (χ3n) is 2.85. The summed E-state index contributed by atoms with van der Waals surface area (Å²) in [5.41, 5.74) is 6.73. The molecule has 3 nitrogen and oxygen atoms in total. The molecule has 0 saturated carbocycles. The van der Waals surface area contributed by atoms with Gasteiger partial charge in [0.15, 0.2) is 5.78 Å². The van der Waals surface area contributed by atoms with Crippen LogP contribution in [0.15, 0.2) is 47.1 Å². The van der Waals surface area contributed by atoms with Gasteiger partial charge in [-0.05, 0) is 36.2 Å². The lowest BCUT2D eigenvalue weighted by molar-refractivity contribution is -0.117. The molecule has 1 atom stereocenters. The fourth-order valence-electron chi connectivity index (χ4n) is 1.74. The van der Waals surface area contributed by atoms with Gasteiger partial charge in [0.1, 0.15) is 11.6 Å². The van der Waals surface area contributed by atoms with Crippen molar-refractivity contribution in [3.8, 4) is 0 Å². The molecule has 0 bridgehead atoms. The predicted octanol–water partition coefficient (Wildman–Crippen LogP) is 2.79. The number of furan rings is 1. The van der Waals surface area contributed by atoms with Crippen molar-refractivity contribution in [1.82, 2.24) is 0 Å². The zero-order valence-corrected chi connectivity index (χ0v) is 11.7. The van der Waals surface area contributed by atoms with E-state index in [1.807, 2.05) is 12.1 Å². The summed E-state index contributed by atoms with van der Waals surface area (Å²) in [7, 11) is 0. The molecule has 0 amide bonds. The van der Waals surface area contributed by atoms with Crippen LogP contribution >= 0.6 is 11.8 Å². The van der Waals surface area contributed by atoms with Gasteiger partial charge in [0, 0.05) is 0 Å². The van der Waals surface area contributed by atoms with Crippen molar-refractivity contribution in [3.63, 3.8) is 0 Å². The van der Waals surface area contributed by atoms with Crippen LogP contribution in [0.2, 0.25) is 0 Å². The summed E-state index contributed by atoms with van der Waals surface area (Å²) in [5, 5.41) is 0. The van der Waals surface area contributed by atoms with Crippen molar-refractivity contribution in [2.45, 2.75) is 18.2 Å². The van der Waals surface area contributed by atoms with Gasteiger partial charge >= 0.3 is 0 Å². The number of hydrogen-bond donors (Lipinski definition) is 1. The van der Waals surface area contributed by atoms with E-state index in [0.29, 0.717) is 17.9 Å². The highest BCUT2D eigenvalue weighted by atomic mass is 32.2. The fraction of sp³-hybridized carbons (Fsp3) is 0.267. The lowest BCUT2D eigenvalue weighted by Crippen LogP contribution is -2.34. The average Bonchev–Trinajstić information content (AvgIpc) is 2.94. The second-order valence-corrected chi connectivity index (χ2v) is 5.46. The smallest absolute Gasteiger partial charge is 0.159 e. The molecule has 2 rings (SSSR count). The maximum Gasteiger partial charge on any atom is 0.159 e. The number of benzene rings is 1. The van der Waals surface area contributed by atoms with Crippen molar-refractivity contribution in [1.29, 1.82) is 0 Å². The lowest BCUT2D eigenvalue weighted by atomic mass is 10.0. The Hall–Kier alpha value is -1.59. The monoisotopic (exact) mass is 293 g/mol. The molecule has 1 heterocycles. The predicted molar refractivity (Wildman–Crippen MR) is 78.0 cm³/mol. The molecule has 0 radical (unpaired) electrons. The van der Waals surface area contributed by atoms with E-state index in [0.717, 1.165) is 11.3 Å². The van der Waals surface area contributed by atoms with Crippen LogP contribution < -0.4 is 5.73 Å². The Kier molecular flexibility index (Phi) is 5.38. The Morgan fingerprint density at radius 3 is 2.70 bits per heavy atom. The number of halogens is 1. The van der Waals surface area contributed by atoms with E-state index in [4.69, 9.17) is 10.2 Å². The second kappa shape index (κ2) is 7.26. The van der Waals surface area contributed by atoms with Gasteiger partial charge in [-0.25, -0.2) is 4.39 Å². The number of hydrogen-bond acceptors (Lipinski definition) is 4. The summed E-state index contributed by atoms with van der Waals surface area (Å²) < 4.78 is 18.0. The molecule has 0 spiro atoms. The Morgan fingerprint density at radius 2 is 2.05 bits per heavy atom. The first-order chi connectivity index (χ1) is 9.65. The second-order valence-electron chi connectivity index (χ2n) is 4.48. The van der Waals surface area contributed by atoms with Crippen LogP contribution in [0.4, 0.5) is 4.39 Å². The molecular weight excluding hydrogens is 277 g/mol. The molecule has 20 heavy (non-hydrogen) atoms. The van der Waals surface area contributed by atoms with Gasteiger partial charge in [0.05, 0.1) is 23.8 Å². The van der Waals surface area contributed by atoms with Gasteiger partial charge in [-0.2, -0.15) is 0 Å². The number of ketones is 1. The topological polar surface area (TPSA) is 56.2 Å². The summed E-state index contributed by atoms with van der Waals surface area (Å²) in [6, 6.07) is 9.19. The van der Waals surface area contributed by atoms with E-state index >= 15 is 0 Å². The molecule has 2 aromatic rings. The average molecular weight is 293 g/mol. The maximum absolute atomic E-state index is 12.8. The van der Waals surface area contributed by atoms with Crippen LogP contribution in [0.1, 0.15) is 11.3 Å². The van der Waals surface area contributed by atoms with Gasteiger partial charge in [0.25, 0.3) is 0 Å². The highest BCUT2D eigenvalue weighted by Gasteiger charge is 2.14. The van der Waals surface area contributed by atoms with Crippen LogP contribution in [-0.4, -0.2) is 17.6 Å². The molecule has 0 aliphatic carbocycles. The van der Waals surface area contributed by atoms with Crippen LogP contribution in [0.5, 0.6) is 0 Å². The van der Waals surface area contributed by atoms with E-state index in [1.165, 1.54) is 23.9 Å². The van der Waals surface area contributed by atoms with Gasteiger partial charge in [-0.15, -0.1) is 11.8 Å². The summed E-state index contributed by atoms with van der Waals surface area (Å²) in [4.78, 5) is 11.9. The Morgan fingerprint density at radius 1 is 1.30 bits per heavy atom. The number of Topliss-reactive ketones (excluding diaryl/α,β-unsaturated/α-hetero) is 1. The Labute approximate surface area is 121 Å².